The van der Waals surface area contributed by atoms with Gasteiger partial charge >= 0.3 is 0 Å². The summed E-state index contributed by atoms with van der Waals surface area (Å²) in [6.45, 7) is 3.77. The predicted molar refractivity (Wildman–Crippen MR) is 309 cm³/mol. The van der Waals surface area contributed by atoms with E-state index in [9.17, 15) is 30.3 Å². The summed E-state index contributed by atoms with van der Waals surface area (Å²) in [5.41, 5.74) is 0. The van der Waals surface area contributed by atoms with Gasteiger partial charge in [0.1, 0.15) is 24.4 Å². The van der Waals surface area contributed by atoms with E-state index in [-0.39, 0.29) is 12.5 Å². The third kappa shape index (κ3) is 43.4. The molecule has 0 aromatic carbocycles. The Kier molecular flexibility index (Phi) is 51.6. The highest BCUT2D eigenvalue weighted by Gasteiger charge is 2.44. The smallest absolute Gasteiger partial charge is 0.220 e. The molecule has 1 aliphatic heterocycles. The van der Waals surface area contributed by atoms with Gasteiger partial charge in [-0.2, -0.15) is 0 Å². The van der Waals surface area contributed by atoms with Crippen molar-refractivity contribution in [1.29, 1.82) is 0 Å². The fourth-order valence-corrected chi connectivity index (χ4v) is 10.4. The van der Waals surface area contributed by atoms with Crippen LogP contribution in [-0.2, 0) is 14.3 Å². The lowest BCUT2D eigenvalue weighted by Crippen LogP contribution is -2.60. The van der Waals surface area contributed by atoms with Crippen LogP contribution in [-0.4, -0.2) is 87.5 Å². The molecule has 432 valence electrons. The van der Waals surface area contributed by atoms with Crippen LogP contribution in [0.25, 0.3) is 0 Å². The zero-order valence-electron chi connectivity index (χ0n) is 48.2. The van der Waals surface area contributed by atoms with Crippen molar-refractivity contribution in [1.82, 2.24) is 5.32 Å². The molecule has 1 saturated heterocycles. The molecule has 9 nitrogen and oxygen atoms in total. The van der Waals surface area contributed by atoms with E-state index in [2.05, 4.69) is 31.3 Å². The van der Waals surface area contributed by atoms with Gasteiger partial charge in [-0.1, -0.05) is 295 Å². The molecule has 1 rings (SSSR count). The number of allylic oxidation sites excluding steroid dienone is 3. The number of carbonyl (C=O) groups is 1. The van der Waals surface area contributed by atoms with Crippen molar-refractivity contribution in [2.75, 3.05) is 13.2 Å². The van der Waals surface area contributed by atoms with Gasteiger partial charge < -0.3 is 40.3 Å². The number of nitrogens with one attached hydrogen (secondary N) is 1. The number of ether oxygens (including phenoxy) is 2. The van der Waals surface area contributed by atoms with Crippen molar-refractivity contribution in [3.8, 4) is 0 Å². The molecule has 1 aliphatic rings. The zero-order valence-corrected chi connectivity index (χ0v) is 48.2. The number of aliphatic hydroxyl groups is 5. The molecule has 1 amide bonds. The van der Waals surface area contributed by atoms with Crippen molar-refractivity contribution in [2.24, 2.45) is 0 Å². The highest BCUT2D eigenvalue weighted by atomic mass is 16.7. The highest BCUT2D eigenvalue weighted by Crippen LogP contribution is 2.23. The van der Waals surface area contributed by atoms with Crippen LogP contribution in [0.3, 0.4) is 0 Å². The van der Waals surface area contributed by atoms with Gasteiger partial charge in [0.05, 0.1) is 25.4 Å². The van der Waals surface area contributed by atoms with Crippen molar-refractivity contribution < 1.29 is 39.8 Å². The predicted octanol–water partition coefficient (Wildman–Crippen LogP) is 16.5. The summed E-state index contributed by atoms with van der Waals surface area (Å²) in [5, 5.41) is 54.2. The van der Waals surface area contributed by atoms with Crippen LogP contribution in [0.1, 0.15) is 322 Å². The summed E-state index contributed by atoms with van der Waals surface area (Å²) in [6.07, 6.45) is 63.2. The Morgan fingerprint density at radius 1 is 0.452 bits per heavy atom. The lowest BCUT2D eigenvalue weighted by molar-refractivity contribution is -0.302. The average Bonchev–Trinajstić information content (AvgIpc) is 3.39. The van der Waals surface area contributed by atoms with Gasteiger partial charge in [-0.25, -0.2) is 0 Å². The van der Waals surface area contributed by atoms with Crippen LogP contribution >= 0.6 is 0 Å². The topological polar surface area (TPSA) is 149 Å². The Hall–Kier alpha value is -1.33. The Bertz CT molecular complexity index is 1200. The van der Waals surface area contributed by atoms with Gasteiger partial charge in [-0.15, -0.1) is 0 Å². The summed E-state index contributed by atoms with van der Waals surface area (Å²) >= 11 is 0. The minimum atomic E-state index is -1.56. The minimum Gasteiger partial charge on any atom is -0.394 e. The van der Waals surface area contributed by atoms with E-state index in [1.807, 2.05) is 6.08 Å². The van der Waals surface area contributed by atoms with Crippen LogP contribution in [0, 0.1) is 0 Å². The number of rotatable bonds is 56. The van der Waals surface area contributed by atoms with E-state index in [1.54, 1.807) is 6.08 Å². The molecule has 9 heteroatoms. The second kappa shape index (κ2) is 54.0. The average molecular weight is 1030 g/mol. The van der Waals surface area contributed by atoms with Gasteiger partial charge in [-0.05, 0) is 44.9 Å². The fraction of sp³-hybridized carbons (Fsp3) is 0.922. The lowest BCUT2D eigenvalue weighted by atomic mass is 9.99. The van der Waals surface area contributed by atoms with E-state index in [1.165, 1.54) is 263 Å². The van der Waals surface area contributed by atoms with Crippen LogP contribution in [0.4, 0.5) is 0 Å². The summed E-state index contributed by atoms with van der Waals surface area (Å²) < 4.78 is 11.2. The lowest BCUT2D eigenvalue weighted by Gasteiger charge is -2.40. The van der Waals surface area contributed by atoms with Gasteiger partial charge in [0, 0.05) is 6.42 Å². The standard InChI is InChI=1S/C64H123NO8/c1-3-5-7-9-11-13-14-15-16-17-18-19-20-21-22-23-24-25-26-27-28-29-30-31-32-33-34-35-36-37-38-39-40-41-42-43-44-46-48-50-52-54-60(68)65-57(58(67)53-51-49-47-45-12-10-8-6-4-2)56-72-64-63(71)62(70)61(69)59(55-66)73-64/h17-18,51,53,57-59,61-64,66-67,69-71H,3-16,19-50,52,54-56H2,1-2H3,(H,65,68)/b18-17-,53-51+. The van der Waals surface area contributed by atoms with Crippen LogP contribution in [0.5, 0.6) is 0 Å². The molecular weight excluding hydrogens is 911 g/mol. The van der Waals surface area contributed by atoms with E-state index >= 15 is 0 Å². The van der Waals surface area contributed by atoms with Gasteiger partial charge in [0.15, 0.2) is 6.29 Å². The third-order valence-corrected chi connectivity index (χ3v) is 15.5. The number of unbranched alkanes of at least 4 members (excludes halogenated alkanes) is 44. The minimum absolute atomic E-state index is 0.173. The summed E-state index contributed by atoms with van der Waals surface area (Å²) in [7, 11) is 0. The molecule has 6 N–H and O–H groups in total. The largest absolute Gasteiger partial charge is 0.394 e. The summed E-state index contributed by atoms with van der Waals surface area (Å²) in [5.74, 6) is -0.173. The van der Waals surface area contributed by atoms with E-state index in [0.29, 0.717) is 6.42 Å². The first kappa shape index (κ1) is 69.7. The SMILES string of the molecule is CCCCCCCCC/C=C/C(O)C(COC1OC(CO)C(O)C(O)C1O)NC(=O)CCCCCCCCCCCCCCCCCCCCCCCCCCCCCCC/C=C\CCCCCCCCCC. The monoisotopic (exact) mass is 1030 g/mol. The molecule has 1 heterocycles. The van der Waals surface area contributed by atoms with Gasteiger partial charge in [0.25, 0.3) is 0 Å². The quantitative estimate of drug-likeness (QED) is 0.0261. The maximum atomic E-state index is 13.0. The molecule has 0 saturated carbocycles. The van der Waals surface area contributed by atoms with Gasteiger partial charge in [-0.3, -0.25) is 4.79 Å². The normalized spacial score (nSPS) is 19.1. The third-order valence-electron chi connectivity index (χ3n) is 15.5. The first-order valence-corrected chi connectivity index (χ1v) is 32.1. The molecule has 0 spiro atoms. The Morgan fingerprint density at radius 3 is 1.11 bits per heavy atom. The Balaban J connectivity index is 1.95. The molecule has 7 atom stereocenters. The van der Waals surface area contributed by atoms with Crippen molar-refractivity contribution >= 4 is 5.91 Å². The first-order chi connectivity index (χ1) is 35.8. The second-order valence-corrected chi connectivity index (χ2v) is 22.6. The molecule has 0 aromatic heterocycles. The first-order valence-electron chi connectivity index (χ1n) is 32.1. The molecular formula is C64H123NO8. The molecule has 0 bridgehead atoms. The van der Waals surface area contributed by atoms with E-state index in [4.69, 9.17) is 9.47 Å². The Labute approximate surface area is 451 Å². The molecule has 0 aliphatic carbocycles. The van der Waals surface area contributed by atoms with Crippen molar-refractivity contribution in [2.45, 2.75) is 365 Å². The van der Waals surface area contributed by atoms with Crippen LogP contribution in [0.15, 0.2) is 24.3 Å². The maximum Gasteiger partial charge on any atom is 0.220 e. The maximum absolute atomic E-state index is 13.0. The second-order valence-electron chi connectivity index (χ2n) is 22.6. The zero-order chi connectivity index (χ0) is 52.9. The van der Waals surface area contributed by atoms with Gasteiger partial charge in [0.2, 0.25) is 5.91 Å². The van der Waals surface area contributed by atoms with Crippen molar-refractivity contribution in [3.05, 3.63) is 24.3 Å². The highest BCUT2D eigenvalue weighted by molar-refractivity contribution is 5.76. The molecule has 0 aromatic rings. The van der Waals surface area contributed by atoms with E-state index < -0.39 is 49.5 Å². The number of hydrogen-bond donors (Lipinski definition) is 6. The molecule has 1 fully saturated rings. The molecule has 7 unspecified atom stereocenters. The number of aliphatic hydroxyl groups excluding tert-OH is 5. The van der Waals surface area contributed by atoms with Crippen LogP contribution < -0.4 is 5.32 Å². The van der Waals surface area contributed by atoms with Crippen LogP contribution in [0.2, 0.25) is 0 Å². The number of amides is 1. The number of hydrogen-bond acceptors (Lipinski definition) is 8. The van der Waals surface area contributed by atoms with Crippen molar-refractivity contribution in [3.63, 3.8) is 0 Å². The molecule has 0 radical (unpaired) electrons. The Morgan fingerprint density at radius 2 is 0.767 bits per heavy atom. The fourth-order valence-electron chi connectivity index (χ4n) is 10.4. The summed E-state index contributed by atoms with van der Waals surface area (Å²) in [4.78, 5) is 13.0. The van der Waals surface area contributed by atoms with E-state index in [0.717, 1.165) is 38.5 Å². The number of carbonyl (C=O) groups excluding carboxylic acids is 1. The summed E-state index contributed by atoms with van der Waals surface area (Å²) in [6, 6.07) is -0.799. The molecule has 73 heavy (non-hydrogen) atoms.